The standard InChI is InChI=1S/C22H24ClNO3/c23-18-11-19(13-21(12-18)27-20-2-1-3-20)24-9-8-16-10-15(5-7-22(25)26)4-6-17(16)14-24/h4,6,10-13,20H,1-3,5,7-9,14H2,(H,25,26). The zero-order valence-corrected chi connectivity index (χ0v) is 16.0. The van der Waals surface area contributed by atoms with Gasteiger partial charge in [-0.2, -0.15) is 0 Å². The monoisotopic (exact) mass is 385 g/mol. The average Bonchev–Trinajstić information content (AvgIpc) is 2.62. The van der Waals surface area contributed by atoms with Gasteiger partial charge in [-0.25, -0.2) is 0 Å². The summed E-state index contributed by atoms with van der Waals surface area (Å²) < 4.78 is 6.03. The van der Waals surface area contributed by atoms with E-state index in [1.807, 2.05) is 18.2 Å². The molecule has 2 aromatic rings. The number of halogens is 1. The number of aryl methyl sites for hydroxylation is 1. The van der Waals surface area contributed by atoms with Crippen molar-refractivity contribution in [3.63, 3.8) is 0 Å². The molecule has 0 bridgehead atoms. The second kappa shape index (κ2) is 7.81. The third-order valence-corrected chi connectivity index (χ3v) is 5.70. The molecule has 5 heteroatoms. The Hall–Kier alpha value is -2.20. The highest BCUT2D eigenvalue weighted by atomic mass is 35.5. The number of hydrogen-bond donors (Lipinski definition) is 1. The molecule has 1 aliphatic carbocycles. The van der Waals surface area contributed by atoms with Gasteiger partial charge < -0.3 is 14.7 Å². The van der Waals surface area contributed by atoms with E-state index in [-0.39, 0.29) is 6.42 Å². The van der Waals surface area contributed by atoms with E-state index >= 15 is 0 Å². The molecule has 142 valence electrons. The minimum atomic E-state index is -0.750. The highest BCUT2D eigenvalue weighted by molar-refractivity contribution is 6.31. The highest BCUT2D eigenvalue weighted by Crippen LogP contribution is 2.33. The van der Waals surface area contributed by atoms with E-state index in [0.29, 0.717) is 17.5 Å². The summed E-state index contributed by atoms with van der Waals surface area (Å²) in [6, 6.07) is 12.3. The van der Waals surface area contributed by atoms with Crippen LogP contribution in [0.3, 0.4) is 0 Å². The predicted molar refractivity (Wildman–Crippen MR) is 107 cm³/mol. The minimum Gasteiger partial charge on any atom is -0.490 e. The Labute approximate surface area is 164 Å². The molecule has 0 saturated heterocycles. The van der Waals surface area contributed by atoms with Crippen molar-refractivity contribution in [1.29, 1.82) is 0 Å². The fourth-order valence-electron chi connectivity index (χ4n) is 3.71. The second-order valence-electron chi connectivity index (χ2n) is 7.48. The topological polar surface area (TPSA) is 49.8 Å². The Balaban J connectivity index is 1.48. The summed E-state index contributed by atoms with van der Waals surface area (Å²) in [5.41, 5.74) is 4.81. The molecule has 1 heterocycles. The Bertz CT molecular complexity index is 847. The van der Waals surface area contributed by atoms with Crippen molar-refractivity contribution in [2.45, 2.75) is 51.2 Å². The molecule has 0 atom stereocenters. The molecule has 27 heavy (non-hydrogen) atoms. The molecule has 1 N–H and O–H groups in total. The quantitative estimate of drug-likeness (QED) is 0.772. The van der Waals surface area contributed by atoms with Gasteiger partial charge in [-0.05, 0) is 60.9 Å². The van der Waals surface area contributed by atoms with Gasteiger partial charge in [0.15, 0.2) is 0 Å². The first-order valence-electron chi connectivity index (χ1n) is 9.61. The Morgan fingerprint density at radius 3 is 2.78 bits per heavy atom. The van der Waals surface area contributed by atoms with Gasteiger partial charge >= 0.3 is 5.97 Å². The third-order valence-electron chi connectivity index (χ3n) is 5.49. The van der Waals surface area contributed by atoms with E-state index < -0.39 is 5.97 Å². The summed E-state index contributed by atoms with van der Waals surface area (Å²) in [5.74, 6) is 0.108. The van der Waals surface area contributed by atoms with Crippen molar-refractivity contribution in [3.05, 3.63) is 58.1 Å². The summed E-state index contributed by atoms with van der Waals surface area (Å²) in [6.45, 7) is 1.75. The maximum absolute atomic E-state index is 10.8. The fraction of sp³-hybridized carbons (Fsp3) is 0.409. The summed E-state index contributed by atoms with van der Waals surface area (Å²) in [6.07, 6.45) is 5.55. The van der Waals surface area contributed by atoms with Crippen LogP contribution in [0.4, 0.5) is 5.69 Å². The first kappa shape index (κ1) is 18.2. The van der Waals surface area contributed by atoms with Crippen LogP contribution in [0, 0.1) is 0 Å². The number of ether oxygens (including phenoxy) is 1. The first-order valence-corrected chi connectivity index (χ1v) is 9.99. The first-order chi connectivity index (χ1) is 13.1. The van der Waals surface area contributed by atoms with Gasteiger partial charge in [0.1, 0.15) is 5.75 Å². The number of carboxylic acids is 1. The van der Waals surface area contributed by atoms with Gasteiger partial charge in [0.25, 0.3) is 0 Å². The number of anilines is 1. The van der Waals surface area contributed by atoms with E-state index in [2.05, 4.69) is 23.1 Å². The maximum Gasteiger partial charge on any atom is 0.303 e. The SMILES string of the molecule is O=C(O)CCc1ccc2c(c1)CCN(c1cc(Cl)cc(OC3CCC3)c1)C2. The Kier molecular flexibility index (Phi) is 5.26. The van der Waals surface area contributed by atoms with Crippen LogP contribution in [-0.2, 0) is 24.2 Å². The molecular formula is C22H24ClNO3. The van der Waals surface area contributed by atoms with Crippen molar-refractivity contribution >= 4 is 23.3 Å². The molecule has 0 radical (unpaired) electrons. The van der Waals surface area contributed by atoms with Crippen LogP contribution in [0.2, 0.25) is 5.02 Å². The molecule has 4 nitrogen and oxygen atoms in total. The molecule has 0 spiro atoms. The summed E-state index contributed by atoms with van der Waals surface area (Å²) in [7, 11) is 0. The van der Waals surface area contributed by atoms with Gasteiger partial charge in [0, 0.05) is 36.3 Å². The van der Waals surface area contributed by atoms with Gasteiger partial charge in [0.05, 0.1) is 6.10 Å². The fourth-order valence-corrected chi connectivity index (χ4v) is 3.93. The van der Waals surface area contributed by atoms with Crippen LogP contribution in [0.15, 0.2) is 36.4 Å². The normalized spacial score (nSPS) is 16.6. The number of carboxylic acid groups (broad SMARTS) is 1. The van der Waals surface area contributed by atoms with Crippen LogP contribution < -0.4 is 9.64 Å². The number of benzene rings is 2. The molecule has 0 unspecified atom stereocenters. The molecule has 0 amide bonds. The van der Waals surface area contributed by atoms with Gasteiger partial charge in [-0.3, -0.25) is 4.79 Å². The largest absolute Gasteiger partial charge is 0.490 e. The van der Waals surface area contributed by atoms with Crippen LogP contribution >= 0.6 is 11.6 Å². The van der Waals surface area contributed by atoms with Crippen LogP contribution in [-0.4, -0.2) is 23.7 Å². The van der Waals surface area contributed by atoms with Crippen molar-refractivity contribution in [2.75, 3.05) is 11.4 Å². The molecule has 0 aromatic heterocycles. The third kappa shape index (κ3) is 4.38. The number of fused-ring (bicyclic) bond motifs is 1. The van der Waals surface area contributed by atoms with Gasteiger partial charge in [-0.15, -0.1) is 0 Å². The smallest absolute Gasteiger partial charge is 0.303 e. The van der Waals surface area contributed by atoms with Crippen LogP contribution in [0.5, 0.6) is 5.75 Å². The molecule has 1 saturated carbocycles. The molecule has 2 aromatic carbocycles. The molecule has 4 rings (SSSR count). The zero-order valence-electron chi connectivity index (χ0n) is 15.3. The Morgan fingerprint density at radius 2 is 2.04 bits per heavy atom. The predicted octanol–water partition coefficient (Wildman–Crippen LogP) is 4.85. The number of nitrogens with zero attached hydrogens (tertiary/aromatic N) is 1. The summed E-state index contributed by atoms with van der Waals surface area (Å²) >= 11 is 6.34. The van der Waals surface area contributed by atoms with Crippen LogP contribution in [0.25, 0.3) is 0 Å². The van der Waals surface area contributed by atoms with E-state index in [1.165, 1.54) is 17.5 Å². The average molecular weight is 386 g/mol. The lowest BCUT2D eigenvalue weighted by atomic mass is 9.95. The molecule has 2 aliphatic rings. The van der Waals surface area contributed by atoms with Crippen molar-refractivity contribution in [1.82, 2.24) is 0 Å². The number of aliphatic carboxylic acids is 1. The maximum atomic E-state index is 10.8. The highest BCUT2D eigenvalue weighted by Gasteiger charge is 2.21. The minimum absolute atomic E-state index is 0.178. The van der Waals surface area contributed by atoms with E-state index in [0.717, 1.165) is 49.4 Å². The van der Waals surface area contributed by atoms with E-state index in [1.54, 1.807) is 0 Å². The zero-order chi connectivity index (χ0) is 18.8. The lowest BCUT2D eigenvalue weighted by Gasteiger charge is -2.32. The van der Waals surface area contributed by atoms with Gasteiger partial charge in [0.2, 0.25) is 0 Å². The lowest BCUT2D eigenvalue weighted by molar-refractivity contribution is -0.136. The van der Waals surface area contributed by atoms with E-state index in [4.69, 9.17) is 21.4 Å². The van der Waals surface area contributed by atoms with Crippen molar-refractivity contribution in [3.8, 4) is 5.75 Å². The van der Waals surface area contributed by atoms with E-state index in [9.17, 15) is 4.79 Å². The lowest BCUT2D eigenvalue weighted by Crippen LogP contribution is -2.30. The number of carbonyl (C=O) groups is 1. The van der Waals surface area contributed by atoms with Crippen molar-refractivity contribution in [2.24, 2.45) is 0 Å². The van der Waals surface area contributed by atoms with Crippen molar-refractivity contribution < 1.29 is 14.6 Å². The summed E-state index contributed by atoms with van der Waals surface area (Å²) in [4.78, 5) is 13.1. The van der Waals surface area contributed by atoms with Gasteiger partial charge in [-0.1, -0.05) is 29.8 Å². The van der Waals surface area contributed by atoms with Crippen LogP contribution in [0.1, 0.15) is 42.4 Å². The second-order valence-corrected chi connectivity index (χ2v) is 7.92. The Morgan fingerprint density at radius 1 is 1.19 bits per heavy atom. The summed E-state index contributed by atoms with van der Waals surface area (Å²) in [5, 5.41) is 9.57. The molecule has 1 aliphatic heterocycles. The number of rotatable bonds is 6. The number of hydrogen-bond acceptors (Lipinski definition) is 3. The molecular weight excluding hydrogens is 362 g/mol. The molecule has 1 fully saturated rings.